The van der Waals surface area contributed by atoms with Crippen molar-refractivity contribution in [3.8, 4) is 0 Å². The molecule has 0 aromatic carbocycles. The van der Waals surface area contributed by atoms with Gasteiger partial charge in [0.25, 0.3) is 0 Å². The normalized spacial score (nSPS) is 17.3. The number of unbranched alkanes of at least 4 members (excludes halogenated alkanes) is 1. The highest BCUT2D eigenvalue weighted by Gasteiger charge is 2.25. The van der Waals surface area contributed by atoms with Crippen molar-refractivity contribution in [1.29, 1.82) is 0 Å². The predicted octanol–water partition coefficient (Wildman–Crippen LogP) is 1.94. The number of aliphatic imine (C=N–C) groups is 1. The van der Waals surface area contributed by atoms with Crippen LogP contribution >= 0.6 is 0 Å². The molecule has 0 radical (unpaired) electrons. The first kappa shape index (κ1) is 20.7. The van der Waals surface area contributed by atoms with Gasteiger partial charge >= 0.3 is 0 Å². The van der Waals surface area contributed by atoms with Crippen LogP contribution in [0.2, 0.25) is 0 Å². The molecule has 0 bridgehead atoms. The van der Waals surface area contributed by atoms with Crippen LogP contribution in [0.15, 0.2) is 21.5 Å². The molecular weight excluding hydrogens is 332 g/mol. The number of ether oxygens (including phenoxy) is 2. The second-order valence-electron chi connectivity index (χ2n) is 6.40. The molecule has 7 nitrogen and oxygen atoms in total. The van der Waals surface area contributed by atoms with Gasteiger partial charge in [-0.2, -0.15) is 0 Å². The molecule has 0 saturated carbocycles. The minimum atomic E-state index is 0.170. The average molecular weight is 367 g/mol. The summed E-state index contributed by atoms with van der Waals surface area (Å²) >= 11 is 0. The van der Waals surface area contributed by atoms with Crippen LogP contribution in [0.1, 0.15) is 37.3 Å². The number of aryl methyl sites for hydroxylation is 1. The van der Waals surface area contributed by atoms with Crippen LogP contribution in [0.4, 0.5) is 0 Å². The molecule has 1 fully saturated rings. The number of morpholine rings is 1. The smallest absolute Gasteiger partial charge is 0.191 e. The Labute approximate surface area is 157 Å². The Kier molecular flexibility index (Phi) is 9.52. The van der Waals surface area contributed by atoms with Gasteiger partial charge in [-0.3, -0.25) is 9.89 Å². The molecule has 2 N–H and O–H groups in total. The zero-order valence-corrected chi connectivity index (χ0v) is 16.4. The van der Waals surface area contributed by atoms with Gasteiger partial charge in [0, 0.05) is 46.4 Å². The van der Waals surface area contributed by atoms with E-state index in [-0.39, 0.29) is 6.04 Å². The molecule has 1 aromatic heterocycles. The fourth-order valence-corrected chi connectivity index (χ4v) is 3.03. The molecule has 0 spiro atoms. The summed E-state index contributed by atoms with van der Waals surface area (Å²) in [6.45, 7) is 10.6. The fourth-order valence-electron chi connectivity index (χ4n) is 3.03. The Morgan fingerprint density at radius 3 is 2.73 bits per heavy atom. The first-order chi connectivity index (χ1) is 12.7. The molecule has 1 aliphatic heterocycles. The molecule has 148 valence electrons. The maximum atomic E-state index is 5.90. The van der Waals surface area contributed by atoms with Crippen molar-refractivity contribution in [1.82, 2.24) is 15.5 Å². The molecule has 0 amide bonds. The molecule has 2 heterocycles. The highest BCUT2D eigenvalue weighted by molar-refractivity contribution is 5.79. The van der Waals surface area contributed by atoms with Crippen LogP contribution in [0.3, 0.4) is 0 Å². The Morgan fingerprint density at radius 2 is 2.08 bits per heavy atom. The Morgan fingerprint density at radius 1 is 1.27 bits per heavy atom. The zero-order chi connectivity index (χ0) is 18.6. The van der Waals surface area contributed by atoms with Crippen LogP contribution in [0.5, 0.6) is 0 Å². The molecule has 2 rings (SSSR count). The summed E-state index contributed by atoms with van der Waals surface area (Å²) in [5.74, 6) is 2.75. The number of guanidine groups is 1. The summed E-state index contributed by atoms with van der Waals surface area (Å²) < 4.78 is 16.8. The van der Waals surface area contributed by atoms with Crippen molar-refractivity contribution >= 4 is 5.96 Å². The second-order valence-corrected chi connectivity index (χ2v) is 6.40. The molecule has 1 unspecified atom stereocenters. The topological polar surface area (TPSA) is 71.3 Å². The lowest BCUT2D eigenvalue weighted by Crippen LogP contribution is -2.46. The lowest BCUT2D eigenvalue weighted by atomic mass is 10.1. The third kappa shape index (κ3) is 6.97. The van der Waals surface area contributed by atoms with Crippen molar-refractivity contribution in [3.05, 3.63) is 23.7 Å². The van der Waals surface area contributed by atoms with Gasteiger partial charge in [0.15, 0.2) is 5.96 Å². The van der Waals surface area contributed by atoms with E-state index in [1.807, 2.05) is 19.9 Å². The van der Waals surface area contributed by atoms with Gasteiger partial charge in [0.1, 0.15) is 11.5 Å². The van der Waals surface area contributed by atoms with Crippen molar-refractivity contribution in [2.24, 2.45) is 4.99 Å². The molecule has 1 atom stereocenters. The van der Waals surface area contributed by atoms with Gasteiger partial charge in [-0.05, 0) is 38.8 Å². The largest absolute Gasteiger partial charge is 0.465 e. The summed E-state index contributed by atoms with van der Waals surface area (Å²) in [6, 6.07) is 4.26. The quantitative estimate of drug-likeness (QED) is 0.375. The second kappa shape index (κ2) is 11.9. The van der Waals surface area contributed by atoms with E-state index in [2.05, 4.69) is 26.6 Å². The molecule has 26 heavy (non-hydrogen) atoms. The third-order valence-corrected chi connectivity index (χ3v) is 4.47. The van der Waals surface area contributed by atoms with Crippen molar-refractivity contribution in [2.75, 3.05) is 59.7 Å². The Balaban J connectivity index is 1.82. The van der Waals surface area contributed by atoms with E-state index in [0.29, 0.717) is 0 Å². The fraction of sp³-hybridized carbons (Fsp3) is 0.737. The third-order valence-electron chi connectivity index (χ3n) is 4.47. The number of nitrogens with one attached hydrogen (secondary N) is 2. The van der Waals surface area contributed by atoms with Crippen LogP contribution in [0, 0.1) is 6.92 Å². The van der Waals surface area contributed by atoms with E-state index >= 15 is 0 Å². The minimum absolute atomic E-state index is 0.170. The van der Waals surface area contributed by atoms with E-state index in [1.54, 1.807) is 7.05 Å². The van der Waals surface area contributed by atoms with Gasteiger partial charge < -0.3 is 24.5 Å². The van der Waals surface area contributed by atoms with E-state index < -0.39 is 0 Å². The zero-order valence-electron chi connectivity index (χ0n) is 16.4. The SMILES string of the molecule is CCOCCCCNC(=NC)NCC(c1ccc(C)o1)N1CCOCC1. The van der Waals surface area contributed by atoms with E-state index in [4.69, 9.17) is 13.9 Å². The summed E-state index contributed by atoms with van der Waals surface area (Å²) in [6.07, 6.45) is 2.12. The predicted molar refractivity (Wildman–Crippen MR) is 104 cm³/mol. The maximum Gasteiger partial charge on any atom is 0.191 e. The molecular formula is C19H34N4O3. The van der Waals surface area contributed by atoms with Crippen molar-refractivity contribution in [2.45, 2.75) is 32.7 Å². The number of rotatable bonds is 10. The maximum absolute atomic E-state index is 5.90. The van der Waals surface area contributed by atoms with Crippen molar-refractivity contribution in [3.63, 3.8) is 0 Å². The van der Waals surface area contributed by atoms with Gasteiger partial charge in [-0.15, -0.1) is 0 Å². The summed E-state index contributed by atoms with van der Waals surface area (Å²) in [5.41, 5.74) is 0. The monoisotopic (exact) mass is 366 g/mol. The highest BCUT2D eigenvalue weighted by Crippen LogP contribution is 2.23. The van der Waals surface area contributed by atoms with Gasteiger partial charge in [0.05, 0.1) is 19.3 Å². The first-order valence-corrected chi connectivity index (χ1v) is 9.65. The molecule has 0 aliphatic carbocycles. The number of hydrogen-bond donors (Lipinski definition) is 2. The summed E-state index contributed by atoms with van der Waals surface area (Å²) in [5, 5.41) is 6.81. The molecule has 1 aliphatic rings. The van der Waals surface area contributed by atoms with Gasteiger partial charge in [0.2, 0.25) is 0 Å². The van der Waals surface area contributed by atoms with E-state index in [1.165, 1.54) is 0 Å². The summed E-state index contributed by atoms with van der Waals surface area (Å²) in [4.78, 5) is 6.73. The average Bonchev–Trinajstić information content (AvgIpc) is 3.10. The standard InChI is InChI=1S/C19H34N4O3/c1-4-24-12-6-5-9-21-19(20-3)22-15-17(18-8-7-16(2)26-18)23-10-13-25-14-11-23/h7-8,17H,4-6,9-15H2,1-3H3,(H2,20,21,22). The van der Waals surface area contributed by atoms with Crippen LogP contribution in [0.25, 0.3) is 0 Å². The van der Waals surface area contributed by atoms with Gasteiger partial charge in [-0.1, -0.05) is 0 Å². The van der Waals surface area contributed by atoms with E-state index in [9.17, 15) is 0 Å². The highest BCUT2D eigenvalue weighted by atomic mass is 16.5. The first-order valence-electron chi connectivity index (χ1n) is 9.65. The molecule has 1 aromatic rings. The summed E-state index contributed by atoms with van der Waals surface area (Å²) in [7, 11) is 1.80. The van der Waals surface area contributed by atoms with Crippen LogP contribution in [-0.2, 0) is 9.47 Å². The van der Waals surface area contributed by atoms with E-state index in [0.717, 1.165) is 82.9 Å². The number of nitrogens with zero attached hydrogens (tertiary/aromatic N) is 2. The van der Waals surface area contributed by atoms with Gasteiger partial charge in [-0.25, -0.2) is 0 Å². The molecule has 7 heteroatoms. The lowest BCUT2D eigenvalue weighted by molar-refractivity contribution is 0.0124. The van der Waals surface area contributed by atoms with Crippen LogP contribution < -0.4 is 10.6 Å². The number of hydrogen-bond acceptors (Lipinski definition) is 5. The molecule has 1 saturated heterocycles. The Bertz CT molecular complexity index is 527. The Hall–Kier alpha value is -1.57. The van der Waals surface area contributed by atoms with Crippen molar-refractivity contribution < 1.29 is 13.9 Å². The number of furan rings is 1. The lowest BCUT2D eigenvalue weighted by Gasteiger charge is -2.33. The van der Waals surface area contributed by atoms with Crippen LogP contribution in [-0.4, -0.2) is 70.5 Å². The minimum Gasteiger partial charge on any atom is -0.465 e.